The number of carboxylic acids is 1. The standard InChI is InChI=1S/C16H17NO2/c1-2-11-3-5-12(6-4-11)15(17)13-7-9-14(10-8-13)16(18)19/h3-10,15H,2,17H2,1H3,(H,18,19). The van der Waals surface area contributed by atoms with Gasteiger partial charge in [0.05, 0.1) is 11.6 Å². The Hall–Kier alpha value is -2.13. The fraction of sp³-hybridized carbons (Fsp3) is 0.188. The van der Waals surface area contributed by atoms with Gasteiger partial charge in [-0.2, -0.15) is 0 Å². The van der Waals surface area contributed by atoms with E-state index in [2.05, 4.69) is 19.1 Å². The van der Waals surface area contributed by atoms with Crippen molar-refractivity contribution in [1.82, 2.24) is 0 Å². The molecule has 0 saturated heterocycles. The van der Waals surface area contributed by atoms with E-state index >= 15 is 0 Å². The first kappa shape index (κ1) is 13.3. The maximum atomic E-state index is 10.8. The molecule has 0 spiro atoms. The average molecular weight is 255 g/mol. The molecule has 2 aromatic carbocycles. The van der Waals surface area contributed by atoms with Gasteiger partial charge < -0.3 is 10.8 Å². The molecular weight excluding hydrogens is 238 g/mol. The van der Waals surface area contributed by atoms with Gasteiger partial charge >= 0.3 is 5.97 Å². The van der Waals surface area contributed by atoms with E-state index in [1.54, 1.807) is 24.3 Å². The van der Waals surface area contributed by atoms with Crippen LogP contribution in [0, 0.1) is 0 Å². The lowest BCUT2D eigenvalue weighted by atomic mass is 9.97. The highest BCUT2D eigenvalue weighted by Gasteiger charge is 2.10. The number of carbonyl (C=O) groups is 1. The molecule has 1 atom stereocenters. The number of carboxylic acid groups (broad SMARTS) is 1. The summed E-state index contributed by atoms with van der Waals surface area (Å²) in [7, 11) is 0. The molecule has 3 nitrogen and oxygen atoms in total. The Balaban J connectivity index is 2.22. The molecule has 0 fully saturated rings. The molecule has 3 N–H and O–H groups in total. The predicted molar refractivity (Wildman–Crippen MR) is 75.3 cm³/mol. The minimum Gasteiger partial charge on any atom is -0.478 e. The van der Waals surface area contributed by atoms with Gasteiger partial charge in [-0.05, 0) is 35.2 Å². The first-order valence-corrected chi connectivity index (χ1v) is 6.29. The number of benzene rings is 2. The van der Waals surface area contributed by atoms with E-state index < -0.39 is 5.97 Å². The van der Waals surface area contributed by atoms with Crippen molar-refractivity contribution in [2.75, 3.05) is 0 Å². The van der Waals surface area contributed by atoms with Crippen LogP contribution < -0.4 is 5.73 Å². The zero-order chi connectivity index (χ0) is 13.8. The van der Waals surface area contributed by atoms with Gasteiger partial charge in [0.2, 0.25) is 0 Å². The van der Waals surface area contributed by atoms with E-state index in [9.17, 15) is 4.79 Å². The van der Waals surface area contributed by atoms with Crippen molar-refractivity contribution in [3.63, 3.8) is 0 Å². The molecule has 0 amide bonds. The van der Waals surface area contributed by atoms with Gasteiger partial charge in [0.1, 0.15) is 0 Å². The van der Waals surface area contributed by atoms with E-state index in [4.69, 9.17) is 10.8 Å². The Labute approximate surface area is 112 Å². The van der Waals surface area contributed by atoms with Crippen LogP contribution in [0.5, 0.6) is 0 Å². The highest BCUT2D eigenvalue weighted by molar-refractivity contribution is 5.87. The van der Waals surface area contributed by atoms with Gasteiger partial charge in [-0.25, -0.2) is 4.79 Å². The Morgan fingerprint density at radius 1 is 1.05 bits per heavy atom. The van der Waals surface area contributed by atoms with Crippen molar-refractivity contribution in [2.45, 2.75) is 19.4 Å². The maximum absolute atomic E-state index is 10.8. The minimum absolute atomic E-state index is 0.228. The smallest absolute Gasteiger partial charge is 0.335 e. The van der Waals surface area contributed by atoms with Gasteiger partial charge in [-0.15, -0.1) is 0 Å². The molecule has 0 aromatic heterocycles. The van der Waals surface area contributed by atoms with Gasteiger partial charge in [0.15, 0.2) is 0 Å². The third-order valence-corrected chi connectivity index (χ3v) is 3.26. The van der Waals surface area contributed by atoms with Crippen molar-refractivity contribution in [3.05, 3.63) is 70.8 Å². The topological polar surface area (TPSA) is 63.3 Å². The van der Waals surface area contributed by atoms with Crippen LogP contribution in [-0.2, 0) is 6.42 Å². The number of rotatable bonds is 4. The molecule has 2 rings (SSSR count). The van der Waals surface area contributed by atoms with E-state index in [-0.39, 0.29) is 11.6 Å². The number of hydrogen-bond donors (Lipinski definition) is 2. The highest BCUT2D eigenvalue weighted by atomic mass is 16.4. The molecule has 3 heteroatoms. The monoisotopic (exact) mass is 255 g/mol. The van der Waals surface area contributed by atoms with E-state index in [0.717, 1.165) is 17.5 Å². The second-order valence-electron chi connectivity index (χ2n) is 4.50. The average Bonchev–Trinajstić information content (AvgIpc) is 2.46. The quantitative estimate of drug-likeness (QED) is 0.882. The van der Waals surface area contributed by atoms with Crippen molar-refractivity contribution in [2.24, 2.45) is 5.73 Å². The minimum atomic E-state index is -0.924. The van der Waals surface area contributed by atoms with Gasteiger partial charge in [0, 0.05) is 0 Å². The first-order chi connectivity index (χ1) is 9.11. The second kappa shape index (κ2) is 5.67. The summed E-state index contributed by atoms with van der Waals surface area (Å²) >= 11 is 0. The third-order valence-electron chi connectivity index (χ3n) is 3.26. The van der Waals surface area contributed by atoms with E-state index in [1.165, 1.54) is 5.56 Å². The lowest BCUT2D eigenvalue weighted by molar-refractivity contribution is 0.0697. The van der Waals surface area contributed by atoms with Crippen LogP contribution in [0.25, 0.3) is 0 Å². The summed E-state index contributed by atoms with van der Waals surface area (Å²) in [6.45, 7) is 2.11. The lowest BCUT2D eigenvalue weighted by Crippen LogP contribution is -2.12. The fourth-order valence-electron chi connectivity index (χ4n) is 1.99. The normalized spacial score (nSPS) is 12.1. The van der Waals surface area contributed by atoms with Crippen LogP contribution in [0.15, 0.2) is 48.5 Å². The van der Waals surface area contributed by atoms with E-state index in [1.807, 2.05) is 12.1 Å². The summed E-state index contributed by atoms with van der Waals surface area (Å²) in [6.07, 6.45) is 1.00. The molecule has 0 heterocycles. The molecular formula is C16H17NO2. The van der Waals surface area contributed by atoms with Crippen LogP contribution >= 0.6 is 0 Å². The number of hydrogen-bond acceptors (Lipinski definition) is 2. The van der Waals surface area contributed by atoms with Crippen molar-refractivity contribution in [3.8, 4) is 0 Å². The van der Waals surface area contributed by atoms with Gasteiger partial charge in [-0.1, -0.05) is 43.3 Å². The molecule has 0 aliphatic rings. The molecule has 2 aromatic rings. The van der Waals surface area contributed by atoms with Crippen LogP contribution in [0.4, 0.5) is 0 Å². The van der Waals surface area contributed by atoms with E-state index in [0.29, 0.717) is 0 Å². The maximum Gasteiger partial charge on any atom is 0.335 e. The SMILES string of the molecule is CCc1ccc(C(N)c2ccc(C(=O)O)cc2)cc1. The Bertz CT molecular complexity index is 558. The van der Waals surface area contributed by atoms with Crippen LogP contribution in [0.3, 0.4) is 0 Å². The Morgan fingerprint density at radius 3 is 1.95 bits per heavy atom. The molecule has 0 aliphatic heterocycles. The zero-order valence-corrected chi connectivity index (χ0v) is 10.8. The Kier molecular flexibility index (Phi) is 3.97. The summed E-state index contributed by atoms with van der Waals surface area (Å²) in [5, 5.41) is 8.86. The van der Waals surface area contributed by atoms with Gasteiger partial charge in [0.25, 0.3) is 0 Å². The molecule has 98 valence electrons. The number of aromatic carboxylic acids is 1. The van der Waals surface area contributed by atoms with Crippen molar-refractivity contribution < 1.29 is 9.90 Å². The summed E-state index contributed by atoms with van der Waals surface area (Å²) < 4.78 is 0. The second-order valence-corrected chi connectivity index (χ2v) is 4.50. The van der Waals surface area contributed by atoms with Crippen molar-refractivity contribution in [1.29, 1.82) is 0 Å². The molecule has 0 radical (unpaired) electrons. The van der Waals surface area contributed by atoms with Crippen LogP contribution in [0.1, 0.15) is 40.0 Å². The molecule has 0 aliphatic carbocycles. The fourth-order valence-corrected chi connectivity index (χ4v) is 1.99. The number of aryl methyl sites for hydroxylation is 1. The lowest BCUT2D eigenvalue weighted by Gasteiger charge is -2.13. The van der Waals surface area contributed by atoms with Gasteiger partial charge in [-0.3, -0.25) is 0 Å². The highest BCUT2D eigenvalue weighted by Crippen LogP contribution is 2.20. The zero-order valence-electron chi connectivity index (χ0n) is 10.8. The number of nitrogens with two attached hydrogens (primary N) is 1. The molecule has 0 saturated carbocycles. The largest absolute Gasteiger partial charge is 0.478 e. The third kappa shape index (κ3) is 3.01. The van der Waals surface area contributed by atoms with Crippen LogP contribution in [0.2, 0.25) is 0 Å². The molecule has 19 heavy (non-hydrogen) atoms. The summed E-state index contributed by atoms with van der Waals surface area (Å²) in [6, 6.07) is 14.7. The Morgan fingerprint density at radius 2 is 1.53 bits per heavy atom. The molecule has 0 bridgehead atoms. The summed E-state index contributed by atoms with van der Waals surface area (Å²) in [5.74, 6) is -0.924. The van der Waals surface area contributed by atoms with Crippen LogP contribution in [-0.4, -0.2) is 11.1 Å². The predicted octanol–water partition coefficient (Wildman–Crippen LogP) is 3.00. The van der Waals surface area contributed by atoms with Crippen molar-refractivity contribution >= 4 is 5.97 Å². The first-order valence-electron chi connectivity index (χ1n) is 6.29. The molecule has 1 unspecified atom stereocenters. The summed E-state index contributed by atoms with van der Waals surface area (Å²) in [5.41, 5.74) is 9.68. The summed E-state index contributed by atoms with van der Waals surface area (Å²) in [4.78, 5) is 10.8.